The van der Waals surface area contributed by atoms with Crippen molar-refractivity contribution in [3.8, 4) is 0 Å². The van der Waals surface area contributed by atoms with Gasteiger partial charge in [-0.3, -0.25) is 14.4 Å². The molecule has 0 aliphatic carbocycles. The number of rotatable bonds is 2. The van der Waals surface area contributed by atoms with Crippen LogP contribution in [0, 0.1) is 11.3 Å². The van der Waals surface area contributed by atoms with Crippen molar-refractivity contribution >= 4 is 23.7 Å². The minimum atomic E-state index is -0.704. The fourth-order valence-corrected chi connectivity index (χ4v) is 2.90. The number of carbonyl (C=O) groups is 4. The first-order valence-corrected chi connectivity index (χ1v) is 7.27. The number of carbonyl (C=O) groups excluding carboxylic acids is 4. The highest BCUT2D eigenvalue weighted by atomic mass is 16.7. The topological polar surface area (TPSA) is 92.8 Å². The van der Waals surface area contributed by atoms with E-state index in [9.17, 15) is 19.2 Å². The van der Waals surface area contributed by atoms with Gasteiger partial charge >= 0.3 is 5.97 Å². The molecule has 0 radical (unpaired) electrons. The van der Waals surface area contributed by atoms with E-state index in [1.54, 1.807) is 26.0 Å². The predicted molar refractivity (Wildman–Crippen MR) is 77.9 cm³/mol. The summed E-state index contributed by atoms with van der Waals surface area (Å²) >= 11 is 0. The molecule has 2 heterocycles. The molecule has 0 aromatic heterocycles. The van der Waals surface area contributed by atoms with E-state index in [0.29, 0.717) is 5.06 Å². The molecule has 3 amide bonds. The van der Waals surface area contributed by atoms with Crippen molar-refractivity contribution < 1.29 is 24.0 Å². The van der Waals surface area contributed by atoms with Crippen LogP contribution in [0.2, 0.25) is 0 Å². The van der Waals surface area contributed by atoms with Gasteiger partial charge < -0.3 is 10.2 Å². The van der Waals surface area contributed by atoms with E-state index in [4.69, 9.17) is 4.84 Å². The Morgan fingerprint density at radius 2 is 1.74 bits per heavy atom. The van der Waals surface area contributed by atoms with Crippen LogP contribution in [0.15, 0.2) is 24.3 Å². The second-order valence-corrected chi connectivity index (χ2v) is 6.38. The van der Waals surface area contributed by atoms with E-state index in [0.717, 1.165) is 0 Å². The molecular weight excluding hydrogens is 300 g/mol. The van der Waals surface area contributed by atoms with E-state index in [2.05, 4.69) is 5.32 Å². The zero-order chi connectivity index (χ0) is 16.8. The largest absolute Gasteiger partial charge is 0.355 e. The molecule has 0 saturated carbocycles. The molecule has 1 aromatic rings. The Bertz CT molecular complexity index is 690. The SMILES string of the molecule is CC1(C)CC(=O)NCC1C(=O)ON1C(=O)c2ccccc2C1=O. The van der Waals surface area contributed by atoms with Crippen LogP contribution in [0.3, 0.4) is 0 Å². The lowest BCUT2D eigenvalue weighted by atomic mass is 9.74. The maximum atomic E-state index is 12.4. The molecule has 7 heteroatoms. The fourth-order valence-electron chi connectivity index (χ4n) is 2.90. The van der Waals surface area contributed by atoms with Gasteiger partial charge in [-0.2, -0.15) is 0 Å². The Morgan fingerprint density at radius 3 is 2.26 bits per heavy atom. The van der Waals surface area contributed by atoms with Crippen molar-refractivity contribution in [2.75, 3.05) is 6.54 Å². The number of nitrogens with one attached hydrogen (secondary N) is 1. The lowest BCUT2D eigenvalue weighted by molar-refractivity contribution is -0.179. The van der Waals surface area contributed by atoms with Crippen molar-refractivity contribution in [1.82, 2.24) is 10.4 Å². The zero-order valence-electron chi connectivity index (χ0n) is 12.8. The van der Waals surface area contributed by atoms with Crippen molar-refractivity contribution in [3.05, 3.63) is 35.4 Å². The summed E-state index contributed by atoms with van der Waals surface area (Å²) in [7, 11) is 0. The first kappa shape index (κ1) is 15.2. The van der Waals surface area contributed by atoms with E-state index in [-0.39, 0.29) is 30.0 Å². The normalized spacial score (nSPS) is 22.6. The van der Waals surface area contributed by atoms with Crippen LogP contribution >= 0.6 is 0 Å². The third-order valence-electron chi connectivity index (χ3n) is 4.29. The molecule has 23 heavy (non-hydrogen) atoms. The molecule has 3 rings (SSSR count). The minimum Gasteiger partial charge on any atom is -0.355 e. The number of nitrogens with zero attached hydrogens (tertiary/aromatic N) is 1. The Balaban J connectivity index is 1.78. The van der Waals surface area contributed by atoms with Crippen LogP contribution in [0.4, 0.5) is 0 Å². The number of hydroxylamine groups is 2. The van der Waals surface area contributed by atoms with Gasteiger partial charge in [0.2, 0.25) is 5.91 Å². The molecule has 1 aromatic carbocycles. The number of benzene rings is 1. The summed E-state index contributed by atoms with van der Waals surface area (Å²) in [6.07, 6.45) is 0.175. The summed E-state index contributed by atoms with van der Waals surface area (Å²) in [4.78, 5) is 53.3. The van der Waals surface area contributed by atoms with Gasteiger partial charge in [0.05, 0.1) is 17.0 Å². The van der Waals surface area contributed by atoms with Crippen LogP contribution in [-0.2, 0) is 14.4 Å². The van der Waals surface area contributed by atoms with Crippen LogP contribution in [0.5, 0.6) is 0 Å². The van der Waals surface area contributed by atoms with Crippen LogP contribution in [0.1, 0.15) is 41.0 Å². The third-order valence-corrected chi connectivity index (χ3v) is 4.29. The lowest BCUT2D eigenvalue weighted by Gasteiger charge is -2.36. The first-order valence-electron chi connectivity index (χ1n) is 7.27. The smallest absolute Gasteiger partial charge is 0.338 e. The molecular formula is C16H16N2O5. The third kappa shape index (κ3) is 2.48. The van der Waals surface area contributed by atoms with Crippen molar-refractivity contribution in [2.45, 2.75) is 20.3 Å². The van der Waals surface area contributed by atoms with Crippen molar-refractivity contribution in [3.63, 3.8) is 0 Å². The van der Waals surface area contributed by atoms with E-state index >= 15 is 0 Å². The summed E-state index contributed by atoms with van der Waals surface area (Å²) in [5.41, 5.74) is -0.194. The molecule has 2 aliphatic heterocycles. The Morgan fingerprint density at radius 1 is 1.17 bits per heavy atom. The summed E-state index contributed by atoms with van der Waals surface area (Å²) in [5, 5.41) is 3.10. The predicted octanol–water partition coefficient (Wildman–Crippen LogP) is 0.903. The monoisotopic (exact) mass is 316 g/mol. The minimum absolute atomic E-state index is 0.119. The number of hydrogen-bond acceptors (Lipinski definition) is 5. The van der Waals surface area contributed by atoms with Gasteiger partial charge in [0.1, 0.15) is 0 Å². The Labute approximate surface area is 132 Å². The maximum Gasteiger partial charge on any atom is 0.338 e. The highest BCUT2D eigenvalue weighted by Crippen LogP contribution is 2.35. The summed E-state index contributed by atoms with van der Waals surface area (Å²) in [6.45, 7) is 3.67. The van der Waals surface area contributed by atoms with Gasteiger partial charge in [0.25, 0.3) is 11.8 Å². The molecule has 7 nitrogen and oxygen atoms in total. The standard InChI is InChI=1S/C16H16N2O5/c1-16(2)7-12(19)17-8-11(16)15(22)23-18-13(20)9-5-3-4-6-10(9)14(18)21/h3-6,11H,7-8H2,1-2H3,(H,17,19). The first-order chi connectivity index (χ1) is 10.8. The average molecular weight is 316 g/mol. The molecule has 1 atom stereocenters. The van der Waals surface area contributed by atoms with E-state index in [1.807, 2.05) is 0 Å². The Kier molecular flexibility index (Phi) is 3.43. The molecule has 1 saturated heterocycles. The van der Waals surface area contributed by atoms with Gasteiger partial charge in [0.15, 0.2) is 0 Å². The zero-order valence-corrected chi connectivity index (χ0v) is 12.8. The average Bonchev–Trinajstić information content (AvgIpc) is 2.72. The number of piperidine rings is 1. The molecule has 2 aliphatic rings. The number of fused-ring (bicyclic) bond motifs is 1. The molecule has 1 unspecified atom stereocenters. The van der Waals surface area contributed by atoms with E-state index in [1.165, 1.54) is 12.1 Å². The second kappa shape index (κ2) is 5.19. The number of amides is 3. The van der Waals surface area contributed by atoms with Crippen molar-refractivity contribution in [1.29, 1.82) is 0 Å². The maximum absolute atomic E-state index is 12.4. The molecule has 120 valence electrons. The van der Waals surface area contributed by atoms with Crippen molar-refractivity contribution in [2.24, 2.45) is 11.3 Å². The summed E-state index contributed by atoms with van der Waals surface area (Å²) < 4.78 is 0. The highest BCUT2D eigenvalue weighted by molar-refractivity contribution is 6.20. The van der Waals surface area contributed by atoms with Crippen LogP contribution < -0.4 is 5.32 Å². The van der Waals surface area contributed by atoms with Crippen LogP contribution in [0.25, 0.3) is 0 Å². The Hall–Kier alpha value is -2.70. The summed E-state index contributed by atoms with van der Waals surface area (Å²) in [5.74, 6) is -2.79. The van der Waals surface area contributed by atoms with Crippen LogP contribution in [-0.4, -0.2) is 35.3 Å². The number of hydrogen-bond donors (Lipinski definition) is 1. The molecule has 1 fully saturated rings. The van der Waals surface area contributed by atoms with Gasteiger partial charge in [-0.15, -0.1) is 0 Å². The summed E-state index contributed by atoms with van der Waals surface area (Å²) in [6, 6.07) is 6.28. The van der Waals surface area contributed by atoms with Gasteiger partial charge in [0, 0.05) is 13.0 Å². The van der Waals surface area contributed by atoms with Gasteiger partial charge in [-0.05, 0) is 17.5 Å². The van der Waals surface area contributed by atoms with Gasteiger partial charge in [-0.1, -0.05) is 31.0 Å². The molecule has 1 N–H and O–H groups in total. The molecule has 0 spiro atoms. The van der Waals surface area contributed by atoms with Gasteiger partial charge in [-0.25, -0.2) is 4.79 Å². The lowest BCUT2D eigenvalue weighted by Crippen LogP contribution is -2.50. The number of imide groups is 1. The quantitative estimate of drug-likeness (QED) is 0.818. The van der Waals surface area contributed by atoms with E-state index < -0.39 is 29.1 Å². The second-order valence-electron chi connectivity index (χ2n) is 6.38. The fraction of sp³-hybridized carbons (Fsp3) is 0.375. The highest BCUT2D eigenvalue weighted by Gasteiger charge is 2.45. The molecule has 0 bridgehead atoms.